The average Bonchev–Trinajstić information content (AvgIpc) is 2.14. The Bertz CT molecular complexity index is 238. The van der Waals surface area contributed by atoms with E-state index in [0.29, 0.717) is 6.54 Å². The van der Waals surface area contributed by atoms with Crippen LogP contribution in [0.25, 0.3) is 0 Å². The van der Waals surface area contributed by atoms with E-state index >= 15 is 0 Å². The SMILES string of the molecule is COC1=CC(NCC(C)(C)O)CC=C1. The minimum absolute atomic E-state index is 0.265. The molecule has 0 saturated heterocycles. The highest BCUT2D eigenvalue weighted by Crippen LogP contribution is 2.11. The van der Waals surface area contributed by atoms with E-state index < -0.39 is 5.60 Å². The third kappa shape index (κ3) is 3.94. The van der Waals surface area contributed by atoms with Crippen molar-refractivity contribution in [3.8, 4) is 0 Å². The molecular formula is C11H19NO2. The van der Waals surface area contributed by atoms with Gasteiger partial charge >= 0.3 is 0 Å². The largest absolute Gasteiger partial charge is 0.497 e. The number of methoxy groups -OCH3 is 1. The molecule has 0 fully saturated rings. The number of allylic oxidation sites excluding steroid dienone is 1. The molecule has 0 bridgehead atoms. The fourth-order valence-electron chi connectivity index (χ4n) is 1.31. The zero-order valence-corrected chi connectivity index (χ0v) is 9.08. The lowest BCUT2D eigenvalue weighted by Gasteiger charge is -2.23. The van der Waals surface area contributed by atoms with E-state index in [1.54, 1.807) is 21.0 Å². The number of aliphatic hydroxyl groups is 1. The Balaban J connectivity index is 2.40. The van der Waals surface area contributed by atoms with E-state index in [1.807, 2.05) is 12.2 Å². The highest BCUT2D eigenvalue weighted by molar-refractivity contribution is 5.20. The van der Waals surface area contributed by atoms with Crippen LogP contribution < -0.4 is 5.32 Å². The summed E-state index contributed by atoms with van der Waals surface area (Å²) in [5.41, 5.74) is -0.664. The van der Waals surface area contributed by atoms with Crippen LogP contribution in [-0.2, 0) is 4.74 Å². The molecule has 3 heteroatoms. The fourth-order valence-corrected chi connectivity index (χ4v) is 1.31. The van der Waals surface area contributed by atoms with Gasteiger partial charge in [-0.05, 0) is 32.4 Å². The number of nitrogens with one attached hydrogen (secondary N) is 1. The molecule has 2 N–H and O–H groups in total. The zero-order valence-electron chi connectivity index (χ0n) is 9.08. The van der Waals surface area contributed by atoms with Crippen molar-refractivity contribution >= 4 is 0 Å². The molecule has 0 aromatic rings. The Hall–Kier alpha value is -0.800. The van der Waals surface area contributed by atoms with E-state index in [0.717, 1.165) is 12.2 Å². The second-order valence-corrected chi connectivity index (χ2v) is 4.21. The molecule has 1 unspecified atom stereocenters. The van der Waals surface area contributed by atoms with E-state index in [1.165, 1.54) is 0 Å². The van der Waals surface area contributed by atoms with Crippen LogP contribution in [0, 0.1) is 0 Å². The molecule has 1 aliphatic rings. The highest BCUT2D eigenvalue weighted by Gasteiger charge is 2.15. The van der Waals surface area contributed by atoms with Gasteiger partial charge in [-0.15, -0.1) is 0 Å². The van der Waals surface area contributed by atoms with E-state index in [4.69, 9.17) is 4.74 Å². The van der Waals surface area contributed by atoms with Crippen molar-refractivity contribution in [3.63, 3.8) is 0 Å². The fraction of sp³-hybridized carbons (Fsp3) is 0.636. The molecule has 0 radical (unpaired) electrons. The maximum absolute atomic E-state index is 9.54. The summed E-state index contributed by atoms with van der Waals surface area (Å²) >= 11 is 0. The first-order valence-corrected chi connectivity index (χ1v) is 4.89. The molecule has 0 aromatic carbocycles. The van der Waals surface area contributed by atoms with Crippen molar-refractivity contribution in [3.05, 3.63) is 24.0 Å². The second-order valence-electron chi connectivity index (χ2n) is 4.21. The van der Waals surface area contributed by atoms with Gasteiger partial charge in [0.05, 0.1) is 12.7 Å². The van der Waals surface area contributed by atoms with Crippen molar-refractivity contribution in [1.29, 1.82) is 0 Å². The molecule has 14 heavy (non-hydrogen) atoms. The first-order valence-electron chi connectivity index (χ1n) is 4.89. The Labute approximate surface area is 85.5 Å². The van der Waals surface area contributed by atoms with Gasteiger partial charge in [0.2, 0.25) is 0 Å². The van der Waals surface area contributed by atoms with Gasteiger partial charge in [0.25, 0.3) is 0 Å². The Morgan fingerprint density at radius 2 is 2.36 bits per heavy atom. The minimum Gasteiger partial charge on any atom is -0.497 e. The third-order valence-corrected chi connectivity index (χ3v) is 2.07. The summed E-state index contributed by atoms with van der Waals surface area (Å²) in [5.74, 6) is 0.879. The summed E-state index contributed by atoms with van der Waals surface area (Å²) in [4.78, 5) is 0. The van der Waals surface area contributed by atoms with Gasteiger partial charge in [-0.25, -0.2) is 0 Å². The van der Waals surface area contributed by atoms with Crippen LogP contribution in [0.3, 0.4) is 0 Å². The van der Waals surface area contributed by atoms with Gasteiger partial charge in [0.15, 0.2) is 0 Å². The normalized spacial score (nSPS) is 22.0. The summed E-state index contributed by atoms with van der Waals surface area (Å²) in [6.45, 7) is 4.16. The Kier molecular flexibility index (Phi) is 3.72. The topological polar surface area (TPSA) is 41.5 Å². The molecule has 0 aromatic heterocycles. The van der Waals surface area contributed by atoms with Crippen molar-refractivity contribution in [2.75, 3.05) is 13.7 Å². The molecule has 0 spiro atoms. The summed E-state index contributed by atoms with van der Waals surface area (Å²) in [6, 6.07) is 0.265. The molecule has 0 heterocycles. The van der Waals surface area contributed by atoms with Crippen LogP contribution >= 0.6 is 0 Å². The molecule has 0 aliphatic heterocycles. The average molecular weight is 197 g/mol. The van der Waals surface area contributed by atoms with Crippen molar-refractivity contribution in [2.45, 2.75) is 31.9 Å². The molecule has 0 saturated carbocycles. The standard InChI is InChI=1S/C11H19NO2/c1-11(2,13)8-12-9-5-4-6-10(7-9)14-3/h4,6-7,9,12-13H,5,8H2,1-3H3. The number of hydrogen-bond acceptors (Lipinski definition) is 3. The molecule has 3 nitrogen and oxygen atoms in total. The van der Waals surface area contributed by atoms with E-state index in [-0.39, 0.29) is 6.04 Å². The Morgan fingerprint density at radius 3 is 2.93 bits per heavy atom. The third-order valence-electron chi connectivity index (χ3n) is 2.07. The van der Waals surface area contributed by atoms with Gasteiger partial charge < -0.3 is 15.2 Å². The second kappa shape index (κ2) is 4.62. The lowest BCUT2D eigenvalue weighted by Crippen LogP contribution is -2.40. The monoisotopic (exact) mass is 197 g/mol. The number of hydrogen-bond donors (Lipinski definition) is 2. The van der Waals surface area contributed by atoms with E-state index in [9.17, 15) is 5.11 Å². The van der Waals surface area contributed by atoms with Gasteiger partial charge in [0.1, 0.15) is 5.76 Å². The van der Waals surface area contributed by atoms with Crippen molar-refractivity contribution in [1.82, 2.24) is 5.32 Å². The first-order chi connectivity index (χ1) is 6.51. The van der Waals surface area contributed by atoms with Crippen LogP contribution in [0.2, 0.25) is 0 Å². The molecule has 80 valence electrons. The lowest BCUT2D eigenvalue weighted by atomic mass is 10.1. The smallest absolute Gasteiger partial charge is 0.116 e. The molecule has 0 amide bonds. The maximum Gasteiger partial charge on any atom is 0.116 e. The van der Waals surface area contributed by atoms with Gasteiger partial charge in [-0.3, -0.25) is 0 Å². The molecule has 1 rings (SSSR count). The summed E-state index contributed by atoms with van der Waals surface area (Å²) in [6.07, 6.45) is 7.01. The predicted molar refractivity (Wildman–Crippen MR) is 56.9 cm³/mol. The first kappa shape index (κ1) is 11.3. The van der Waals surface area contributed by atoms with E-state index in [2.05, 4.69) is 11.4 Å². The highest BCUT2D eigenvalue weighted by atomic mass is 16.5. The van der Waals surface area contributed by atoms with Crippen molar-refractivity contribution < 1.29 is 9.84 Å². The van der Waals surface area contributed by atoms with Crippen LogP contribution in [0.5, 0.6) is 0 Å². The van der Waals surface area contributed by atoms with Crippen LogP contribution in [0.4, 0.5) is 0 Å². The summed E-state index contributed by atoms with van der Waals surface area (Å²) in [5, 5.41) is 12.8. The van der Waals surface area contributed by atoms with Crippen LogP contribution in [-0.4, -0.2) is 30.4 Å². The van der Waals surface area contributed by atoms with Crippen molar-refractivity contribution in [2.24, 2.45) is 0 Å². The van der Waals surface area contributed by atoms with Crippen LogP contribution in [0.1, 0.15) is 20.3 Å². The Morgan fingerprint density at radius 1 is 1.64 bits per heavy atom. The van der Waals surface area contributed by atoms with Gasteiger partial charge in [-0.2, -0.15) is 0 Å². The zero-order chi connectivity index (χ0) is 10.6. The van der Waals surface area contributed by atoms with Gasteiger partial charge in [0, 0.05) is 12.6 Å². The van der Waals surface area contributed by atoms with Crippen LogP contribution in [0.15, 0.2) is 24.0 Å². The lowest BCUT2D eigenvalue weighted by molar-refractivity contribution is 0.0778. The molecular weight excluding hydrogens is 178 g/mol. The quantitative estimate of drug-likeness (QED) is 0.711. The predicted octanol–water partition coefficient (Wildman–Crippen LogP) is 1.21. The molecule has 1 aliphatic carbocycles. The number of ether oxygens (including phenoxy) is 1. The van der Waals surface area contributed by atoms with Gasteiger partial charge in [-0.1, -0.05) is 6.08 Å². The molecule has 1 atom stereocenters. The summed E-state index contributed by atoms with van der Waals surface area (Å²) < 4.78 is 5.13. The number of rotatable bonds is 4. The maximum atomic E-state index is 9.54. The summed E-state index contributed by atoms with van der Waals surface area (Å²) in [7, 11) is 1.66. The minimum atomic E-state index is -0.664.